The molecule has 0 amide bonds. The lowest BCUT2D eigenvalue weighted by molar-refractivity contribution is 0.109. The molecule has 0 saturated carbocycles. The van der Waals surface area contributed by atoms with E-state index in [1.54, 1.807) is 0 Å². The summed E-state index contributed by atoms with van der Waals surface area (Å²) in [7, 11) is 0. The molecule has 0 N–H and O–H groups in total. The molecule has 2 rings (SSSR count). The summed E-state index contributed by atoms with van der Waals surface area (Å²) in [6.45, 7) is 14.5. The van der Waals surface area contributed by atoms with Gasteiger partial charge < -0.3 is 4.74 Å². The molecule has 0 bridgehead atoms. The molecule has 0 aromatic heterocycles. The monoisotopic (exact) mass is 268 g/mol. The number of rotatable bonds is 1. The maximum absolute atomic E-state index is 6.10. The number of hydrogen-bond acceptors (Lipinski definition) is 1. The first-order valence-electron chi connectivity index (χ1n) is 7.18. The Balaban J connectivity index is 2.47. The molecule has 1 aromatic rings. The minimum absolute atomic E-state index is 0.0207. The zero-order valence-corrected chi connectivity index (χ0v) is 13.2. The molecule has 0 spiro atoms. The lowest BCUT2D eigenvalue weighted by atomic mass is 9.82. The molecule has 2 atom stereocenters. The summed E-state index contributed by atoms with van der Waals surface area (Å²) >= 11 is 0. The Morgan fingerprint density at radius 2 is 2.10 bits per heavy atom. The van der Waals surface area contributed by atoms with Gasteiger partial charge in [-0.1, -0.05) is 36.1 Å². The predicted molar refractivity (Wildman–Crippen MR) is 85.0 cm³/mol. The Bertz CT molecular complexity index is 580. The van der Waals surface area contributed by atoms with Crippen molar-refractivity contribution >= 4 is 0 Å². The number of aryl methyl sites for hydroxylation is 1. The van der Waals surface area contributed by atoms with Crippen LogP contribution >= 0.6 is 0 Å². The van der Waals surface area contributed by atoms with E-state index >= 15 is 0 Å². The smallest absolute Gasteiger partial charge is 0.126 e. The molecule has 0 radical (unpaired) electrons. The Kier molecular flexibility index (Phi) is 3.69. The molecule has 20 heavy (non-hydrogen) atoms. The van der Waals surface area contributed by atoms with Gasteiger partial charge in [0.1, 0.15) is 11.4 Å². The van der Waals surface area contributed by atoms with Crippen molar-refractivity contribution in [1.29, 1.82) is 0 Å². The summed E-state index contributed by atoms with van der Waals surface area (Å²) in [4.78, 5) is 0. The first-order valence-corrected chi connectivity index (χ1v) is 7.18. The van der Waals surface area contributed by atoms with E-state index in [0.29, 0.717) is 0 Å². The number of hydrogen-bond donors (Lipinski definition) is 0. The Labute approximate surface area is 123 Å². The van der Waals surface area contributed by atoms with Gasteiger partial charge in [-0.05, 0) is 46.8 Å². The van der Waals surface area contributed by atoms with Crippen molar-refractivity contribution in [3.8, 4) is 17.6 Å². The van der Waals surface area contributed by atoms with Gasteiger partial charge in [0.05, 0.1) is 5.92 Å². The molecular formula is C19H24O. The molecule has 0 aliphatic carbocycles. The Hall–Kier alpha value is -1.68. The highest BCUT2D eigenvalue weighted by Crippen LogP contribution is 2.41. The van der Waals surface area contributed by atoms with Crippen LogP contribution in [0.25, 0.3) is 0 Å². The van der Waals surface area contributed by atoms with E-state index in [1.165, 1.54) is 11.1 Å². The zero-order chi connectivity index (χ0) is 15.0. The van der Waals surface area contributed by atoms with Gasteiger partial charge >= 0.3 is 0 Å². The fraction of sp³-hybridized carbons (Fsp3) is 0.474. The highest BCUT2D eigenvalue weighted by Gasteiger charge is 2.34. The van der Waals surface area contributed by atoms with Crippen molar-refractivity contribution < 1.29 is 4.74 Å². The summed E-state index contributed by atoms with van der Waals surface area (Å²) in [6, 6.07) is 6.33. The molecule has 106 valence electrons. The third kappa shape index (κ3) is 3.25. The standard InChI is InChI=1S/C19H24O/c1-7-19(6)13-15(10-11-18(3,4)5)16-12-14(2)8-9-17(16)20-19/h7-9,12,15H,1,13H2,2-6H3/t15-,19+/m0/s1. The quantitative estimate of drug-likeness (QED) is 0.522. The largest absolute Gasteiger partial charge is 0.483 e. The van der Waals surface area contributed by atoms with Crippen LogP contribution in [-0.4, -0.2) is 5.60 Å². The molecule has 1 nitrogen and oxygen atoms in total. The molecule has 1 aromatic carbocycles. The zero-order valence-electron chi connectivity index (χ0n) is 13.2. The van der Waals surface area contributed by atoms with Gasteiger partial charge in [-0.15, -0.1) is 0 Å². The van der Waals surface area contributed by atoms with Gasteiger partial charge in [-0.25, -0.2) is 0 Å². The summed E-state index contributed by atoms with van der Waals surface area (Å²) in [5, 5.41) is 0. The van der Waals surface area contributed by atoms with Gasteiger partial charge in [-0.2, -0.15) is 0 Å². The minimum Gasteiger partial charge on any atom is -0.483 e. The summed E-state index contributed by atoms with van der Waals surface area (Å²) in [5.74, 6) is 7.98. The van der Waals surface area contributed by atoms with Gasteiger partial charge in [0.25, 0.3) is 0 Å². The van der Waals surface area contributed by atoms with Crippen LogP contribution in [0.3, 0.4) is 0 Å². The van der Waals surface area contributed by atoms with Crippen molar-refractivity contribution in [2.75, 3.05) is 0 Å². The van der Waals surface area contributed by atoms with Gasteiger partial charge in [0, 0.05) is 17.4 Å². The lowest BCUT2D eigenvalue weighted by Crippen LogP contribution is -2.35. The highest BCUT2D eigenvalue weighted by atomic mass is 16.5. The predicted octanol–water partition coefficient (Wildman–Crippen LogP) is 4.86. The SMILES string of the molecule is C=C[C@]1(C)C[C@H](C#CC(C)(C)C)c2cc(C)ccc2O1. The van der Waals surface area contributed by atoms with E-state index in [1.807, 2.05) is 6.08 Å². The van der Waals surface area contributed by atoms with Crippen LogP contribution in [0.5, 0.6) is 5.75 Å². The number of fused-ring (bicyclic) bond motifs is 1. The van der Waals surface area contributed by atoms with Crippen LogP contribution in [0.15, 0.2) is 30.9 Å². The topological polar surface area (TPSA) is 9.23 Å². The fourth-order valence-corrected chi connectivity index (χ4v) is 2.40. The fourth-order valence-electron chi connectivity index (χ4n) is 2.40. The van der Waals surface area contributed by atoms with Crippen LogP contribution in [0.4, 0.5) is 0 Å². The number of benzene rings is 1. The maximum Gasteiger partial charge on any atom is 0.126 e. The Morgan fingerprint density at radius 1 is 1.40 bits per heavy atom. The van der Waals surface area contributed by atoms with Gasteiger partial charge in [-0.3, -0.25) is 0 Å². The molecule has 1 aliphatic heterocycles. The maximum atomic E-state index is 6.10. The summed E-state index contributed by atoms with van der Waals surface area (Å²) in [6.07, 6.45) is 2.75. The van der Waals surface area contributed by atoms with E-state index in [0.717, 1.165) is 12.2 Å². The molecule has 0 fully saturated rings. The molecule has 1 heterocycles. The molecular weight excluding hydrogens is 244 g/mol. The van der Waals surface area contributed by atoms with Crippen LogP contribution in [0.1, 0.15) is 51.2 Å². The van der Waals surface area contributed by atoms with Crippen LogP contribution in [0.2, 0.25) is 0 Å². The van der Waals surface area contributed by atoms with E-state index in [4.69, 9.17) is 4.74 Å². The summed E-state index contributed by atoms with van der Waals surface area (Å²) in [5.41, 5.74) is 2.14. The first kappa shape index (κ1) is 14.7. The van der Waals surface area contributed by atoms with Gasteiger partial charge in [0.15, 0.2) is 0 Å². The number of ether oxygens (including phenoxy) is 1. The van der Waals surface area contributed by atoms with E-state index in [-0.39, 0.29) is 16.9 Å². The second kappa shape index (κ2) is 5.02. The van der Waals surface area contributed by atoms with Crippen molar-refractivity contribution in [1.82, 2.24) is 0 Å². The van der Waals surface area contributed by atoms with E-state index in [2.05, 4.69) is 71.2 Å². The lowest BCUT2D eigenvalue weighted by Gasteiger charge is -2.36. The van der Waals surface area contributed by atoms with Gasteiger partial charge in [0.2, 0.25) is 0 Å². The highest BCUT2D eigenvalue weighted by molar-refractivity contribution is 5.46. The normalized spacial score (nSPS) is 24.9. The average Bonchev–Trinajstić information content (AvgIpc) is 2.36. The molecule has 0 saturated heterocycles. The average molecular weight is 268 g/mol. The second-order valence-electron chi connectivity index (χ2n) is 6.94. The minimum atomic E-state index is -0.334. The molecule has 0 unspecified atom stereocenters. The third-order valence-corrected chi connectivity index (χ3v) is 3.55. The van der Waals surface area contributed by atoms with Crippen LogP contribution in [-0.2, 0) is 0 Å². The van der Waals surface area contributed by atoms with E-state index in [9.17, 15) is 0 Å². The first-order chi connectivity index (χ1) is 9.22. The third-order valence-electron chi connectivity index (χ3n) is 3.55. The second-order valence-corrected chi connectivity index (χ2v) is 6.94. The van der Waals surface area contributed by atoms with Crippen molar-refractivity contribution in [3.63, 3.8) is 0 Å². The summed E-state index contributed by atoms with van der Waals surface area (Å²) < 4.78 is 6.10. The van der Waals surface area contributed by atoms with E-state index < -0.39 is 0 Å². The Morgan fingerprint density at radius 3 is 2.70 bits per heavy atom. The van der Waals surface area contributed by atoms with Crippen LogP contribution < -0.4 is 4.74 Å². The van der Waals surface area contributed by atoms with Crippen molar-refractivity contribution in [3.05, 3.63) is 42.0 Å². The molecule has 1 aliphatic rings. The molecule has 1 heteroatoms. The van der Waals surface area contributed by atoms with Crippen molar-refractivity contribution in [2.24, 2.45) is 5.41 Å². The van der Waals surface area contributed by atoms with Crippen molar-refractivity contribution in [2.45, 2.75) is 52.6 Å². The van der Waals surface area contributed by atoms with Crippen LogP contribution in [0, 0.1) is 24.2 Å².